The lowest BCUT2D eigenvalue weighted by molar-refractivity contribution is -0.122. The van der Waals surface area contributed by atoms with E-state index in [0.717, 1.165) is 11.5 Å². The summed E-state index contributed by atoms with van der Waals surface area (Å²) < 4.78 is 10.9. The number of hydrogen-bond donors (Lipinski definition) is 2. The zero-order valence-electron chi connectivity index (χ0n) is 17.3. The molecule has 0 saturated carbocycles. The summed E-state index contributed by atoms with van der Waals surface area (Å²) in [7, 11) is 1.59. The molecule has 8 heteroatoms. The maximum Gasteiger partial charge on any atom is 0.240 e. The van der Waals surface area contributed by atoms with E-state index in [1.54, 1.807) is 55.6 Å². The number of hydrogen-bond acceptors (Lipinski definition) is 6. The van der Waals surface area contributed by atoms with Crippen molar-refractivity contribution in [3.63, 3.8) is 0 Å². The minimum atomic E-state index is -0.535. The molecule has 7 nitrogen and oxygen atoms in total. The van der Waals surface area contributed by atoms with Crippen LogP contribution in [0.1, 0.15) is 6.42 Å². The van der Waals surface area contributed by atoms with E-state index in [4.69, 9.17) is 9.47 Å². The first-order valence-corrected chi connectivity index (χ1v) is 10.8. The number of nitrogens with one attached hydrogen (secondary N) is 2. The predicted octanol–water partition coefficient (Wildman–Crippen LogP) is 4.74. The van der Waals surface area contributed by atoms with E-state index >= 15 is 0 Å². The molecule has 162 valence electrons. The molecular weight excluding hydrogens is 426 g/mol. The van der Waals surface area contributed by atoms with Gasteiger partial charge in [0.2, 0.25) is 11.8 Å². The van der Waals surface area contributed by atoms with Crippen LogP contribution in [-0.2, 0) is 9.59 Å². The summed E-state index contributed by atoms with van der Waals surface area (Å²) in [6.07, 6.45) is 0.0421. The molecule has 0 bridgehead atoms. The van der Waals surface area contributed by atoms with Crippen LogP contribution >= 0.6 is 11.8 Å². The minimum Gasteiger partial charge on any atom is -0.497 e. The molecule has 0 radical (unpaired) electrons. The number of amides is 2. The van der Waals surface area contributed by atoms with Crippen LogP contribution in [0.4, 0.5) is 11.4 Å². The molecule has 2 amide bonds. The summed E-state index contributed by atoms with van der Waals surface area (Å²) in [6, 6.07) is 23.7. The van der Waals surface area contributed by atoms with Crippen molar-refractivity contribution < 1.29 is 19.1 Å². The Morgan fingerprint density at radius 2 is 1.62 bits per heavy atom. The Kier molecular flexibility index (Phi) is 6.72. The van der Waals surface area contributed by atoms with Gasteiger partial charge < -0.3 is 20.1 Å². The van der Waals surface area contributed by atoms with Gasteiger partial charge in [0, 0.05) is 12.1 Å². The van der Waals surface area contributed by atoms with E-state index in [0.29, 0.717) is 22.3 Å². The minimum absolute atomic E-state index is 0.0421. The molecule has 1 aliphatic heterocycles. The van der Waals surface area contributed by atoms with Crippen molar-refractivity contribution in [3.8, 4) is 17.2 Å². The van der Waals surface area contributed by atoms with E-state index in [1.165, 1.54) is 11.8 Å². The number of carbonyl (C=O) groups is 2. The van der Waals surface area contributed by atoms with Crippen molar-refractivity contribution in [2.24, 2.45) is 4.99 Å². The van der Waals surface area contributed by atoms with Crippen LogP contribution in [0.25, 0.3) is 0 Å². The fraction of sp³-hybridized carbons (Fsp3) is 0.125. The molecule has 1 unspecified atom stereocenters. The molecule has 1 atom stereocenters. The Labute approximate surface area is 189 Å². The lowest BCUT2D eigenvalue weighted by Gasteiger charge is -2.09. The second kappa shape index (κ2) is 10.0. The molecule has 1 aliphatic rings. The van der Waals surface area contributed by atoms with Crippen LogP contribution in [0.5, 0.6) is 17.2 Å². The highest BCUT2D eigenvalue weighted by atomic mass is 32.2. The van der Waals surface area contributed by atoms with Crippen molar-refractivity contribution >= 4 is 40.1 Å². The maximum absolute atomic E-state index is 12.4. The Balaban J connectivity index is 1.30. The molecule has 3 aromatic rings. The van der Waals surface area contributed by atoms with Gasteiger partial charge in [0.1, 0.15) is 22.5 Å². The number of methoxy groups -OCH3 is 1. The third-order valence-corrected chi connectivity index (χ3v) is 5.65. The summed E-state index contributed by atoms with van der Waals surface area (Å²) in [6.45, 7) is 0. The summed E-state index contributed by atoms with van der Waals surface area (Å²) in [5.41, 5.74) is 1.32. The highest BCUT2D eigenvalue weighted by Gasteiger charge is 2.32. The van der Waals surface area contributed by atoms with E-state index in [-0.39, 0.29) is 18.2 Å². The summed E-state index contributed by atoms with van der Waals surface area (Å²) >= 11 is 1.24. The molecule has 0 aliphatic carbocycles. The van der Waals surface area contributed by atoms with E-state index in [1.807, 2.05) is 30.3 Å². The average Bonchev–Trinajstić information content (AvgIpc) is 3.14. The lowest BCUT2D eigenvalue weighted by atomic mass is 10.2. The number of anilines is 1. The zero-order chi connectivity index (χ0) is 22.3. The molecule has 0 spiro atoms. The Morgan fingerprint density at radius 1 is 0.969 bits per heavy atom. The highest BCUT2D eigenvalue weighted by molar-refractivity contribution is 8.15. The zero-order valence-corrected chi connectivity index (χ0v) is 18.1. The van der Waals surface area contributed by atoms with Gasteiger partial charge in [-0.1, -0.05) is 30.0 Å². The van der Waals surface area contributed by atoms with Gasteiger partial charge in [-0.3, -0.25) is 9.59 Å². The number of aliphatic imine (C=N–C) groups is 1. The van der Waals surface area contributed by atoms with E-state index in [9.17, 15) is 9.59 Å². The fourth-order valence-corrected chi connectivity index (χ4v) is 3.97. The fourth-order valence-electron chi connectivity index (χ4n) is 2.98. The first kappa shape index (κ1) is 21.5. The number of ether oxygens (including phenoxy) is 2. The van der Waals surface area contributed by atoms with Crippen molar-refractivity contribution in [2.45, 2.75) is 11.7 Å². The molecule has 0 aromatic heterocycles. The second-order valence-corrected chi connectivity index (χ2v) is 8.09. The molecule has 1 heterocycles. The molecule has 3 aromatic carbocycles. The molecule has 2 N–H and O–H groups in total. The lowest BCUT2D eigenvalue weighted by Crippen LogP contribution is -2.28. The number of para-hydroxylation sites is 1. The second-order valence-electron chi connectivity index (χ2n) is 6.90. The molecular formula is C24H21N3O4S. The smallest absolute Gasteiger partial charge is 0.240 e. The standard InChI is InChI=1S/C24H21N3O4S/c1-30-18-11-7-17(8-12-18)26-24-27-23(29)21(32-24)15-22(28)25-16-9-13-20(14-10-16)31-19-5-3-2-4-6-19/h2-14,21H,15H2,1H3,(H,25,28)(H,26,27,29). The van der Waals surface area contributed by atoms with Crippen molar-refractivity contribution in [1.29, 1.82) is 0 Å². The third kappa shape index (κ3) is 5.67. The van der Waals surface area contributed by atoms with Crippen LogP contribution in [0.2, 0.25) is 0 Å². The van der Waals surface area contributed by atoms with Gasteiger partial charge in [-0.25, -0.2) is 4.99 Å². The topological polar surface area (TPSA) is 89.0 Å². The van der Waals surface area contributed by atoms with Crippen molar-refractivity contribution in [1.82, 2.24) is 5.32 Å². The molecule has 1 saturated heterocycles. The van der Waals surface area contributed by atoms with Gasteiger partial charge in [-0.2, -0.15) is 0 Å². The van der Waals surface area contributed by atoms with Gasteiger partial charge in [0.15, 0.2) is 5.17 Å². The van der Waals surface area contributed by atoms with Crippen LogP contribution in [0.15, 0.2) is 83.9 Å². The Hall–Kier alpha value is -3.78. The number of rotatable bonds is 7. The van der Waals surface area contributed by atoms with Crippen LogP contribution in [-0.4, -0.2) is 29.3 Å². The van der Waals surface area contributed by atoms with Gasteiger partial charge in [-0.15, -0.1) is 0 Å². The first-order valence-electron chi connectivity index (χ1n) is 9.92. The Morgan fingerprint density at radius 3 is 2.31 bits per heavy atom. The third-order valence-electron chi connectivity index (χ3n) is 4.57. The van der Waals surface area contributed by atoms with Gasteiger partial charge in [-0.05, 0) is 60.7 Å². The largest absolute Gasteiger partial charge is 0.497 e. The summed E-state index contributed by atoms with van der Waals surface area (Å²) in [4.78, 5) is 29.1. The van der Waals surface area contributed by atoms with Gasteiger partial charge >= 0.3 is 0 Å². The Bertz CT molecular complexity index is 1120. The van der Waals surface area contributed by atoms with Crippen LogP contribution < -0.4 is 20.1 Å². The van der Waals surface area contributed by atoms with Crippen LogP contribution in [0, 0.1) is 0 Å². The number of thioether (sulfide) groups is 1. The van der Waals surface area contributed by atoms with Gasteiger partial charge in [0.25, 0.3) is 0 Å². The number of benzene rings is 3. The quantitative estimate of drug-likeness (QED) is 0.546. The number of amidine groups is 1. The van der Waals surface area contributed by atoms with E-state index in [2.05, 4.69) is 15.6 Å². The first-order chi connectivity index (χ1) is 15.6. The molecule has 1 fully saturated rings. The monoisotopic (exact) mass is 447 g/mol. The van der Waals surface area contributed by atoms with E-state index < -0.39 is 5.25 Å². The SMILES string of the molecule is COc1ccc(N=C2NC(=O)C(CC(=O)Nc3ccc(Oc4ccccc4)cc3)S2)cc1. The molecule has 32 heavy (non-hydrogen) atoms. The van der Waals surface area contributed by atoms with Crippen LogP contribution in [0.3, 0.4) is 0 Å². The maximum atomic E-state index is 12.4. The van der Waals surface area contributed by atoms with Crippen molar-refractivity contribution in [2.75, 3.05) is 12.4 Å². The average molecular weight is 448 g/mol. The normalized spacial score (nSPS) is 16.5. The van der Waals surface area contributed by atoms with Crippen molar-refractivity contribution in [3.05, 3.63) is 78.9 Å². The molecule has 4 rings (SSSR count). The summed E-state index contributed by atoms with van der Waals surface area (Å²) in [5.74, 6) is 1.65. The number of nitrogens with zero attached hydrogens (tertiary/aromatic N) is 1. The summed E-state index contributed by atoms with van der Waals surface area (Å²) in [5, 5.41) is 5.48. The van der Waals surface area contributed by atoms with Gasteiger partial charge in [0.05, 0.1) is 12.8 Å². The number of carbonyl (C=O) groups excluding carboxylic acids is 2. The predicted molar refractivity (Wildman–Crippen MR) is 126 cm³/mol. The highest BCUT2D eigenvalue weighted by Crippen LogP contribution is 2.27.